The fourth-order valence-corrected chi connectivity index (χ4v) is 2.44. The first-order chi connectivity index (χ1) is 10.1. The molecule has 0 spiro atoms. The fourth-order valence-electron chi connectivity index (χ4n) is 2.44. The number of nitrogens with one attached hydrogen (secondary N) is 1. The number of aryl methyl sites for hydroxylation is 2. The van der Waals surface area contributed by atoms with Crippen LogP contribution in [0.25, 0.3) is 0 Å². The lowest BCUT2D eigenvalue weighted by Crippen LogP contribution is -2.34. The number of benzene rings is 1. The van der Waals surface area contributed by atoms with Crippen molar-refractivity contribution in [1.29, 1.82) is 0 Å². The molecule has 0 radical (unpaired) electrons. The predicted octanol–water partition coefficient (Wildman–Crippen LogP) is 1.59. The maximum atomic E-state index is 12.4. The first-order valence-corrected chi connectivity index (χ1v) is 7.02. The van der Waals surface area contributed by atoms with Crippen LogP contribution >= 0.6 is 0 Å². The molecule has 5 heteroatoms. The molecule has 112 valence electrons. The van der Waals surface area contributed by atoms with E-state index in [1.165, 1.54) is 0 Å². The molecule has 0 saturated heterocycles. The predicted molar refractivity (Wildman–Crippen MR) is 80.7 cm³/mol. The lowest BCUT2D eigenvalue weighted by molar-refractivity contribution is -0.131. The van der Waals surface area contributed by atoms with Crippen molar-refractivity contribution in [3.8, 4) is 0 Å². The molecule has 5 nitrogen and oxygen atoms in total. The van der Waals surface area contributed by atoms with Gasteiger partial charge in [0.2, 0.25) is 5.91 Å². The zero-order chi connectivity index (χ0) is 15.2. The van der Waals surface area contributed by atoms with Gasteiger partial charge in [0.15, 0.2) is 0 Å². The highest BCUT2D eigenvalue weighted by Crippen LogP contribution is 2.11. The Kier molecular flexibility index (Phi) is 5.11. The number of carbonyl (C=O) groups is 1. The highest BCUT2D eigenvalue weighted by atomic mass is 16.3. The summed E-state index contributed by atoms with van der Waals surface area (Å²) in [4.78, 5) is 21.1. The van der Waals surface area contributed by atoms with E-state index in [1.54, 1.807) is 17.3 Å². The Labute approximate surface area is 124 Å². The Morgan fingerprint density at radius 3 is 2.57 bits per heavy atom. The van der Waals surface area contributed by atoms with Gasteiger partial charge in [-0.1, -0.05) is 29.3 Å². The minimum atomic E-state index is -0.0563. The maximum Gasteiger partial charge on any atom is 0.227 e. The second-order valence-corrected chi connectivity index (χ2v) is 5.25. The van der Waals surface area contributed by atoms with Crippen LogP contribution in [0.5, 0.6) is 0 Å². The minimum Gasteiger partial charge on any atom is -0.395 e. The number of hydrogen-bond donors (Lipinski definition) is 2. The third kappa shape index (κ3) is 4.43. The number of rotatable bonds is 6. The van der Waals surface area contributed by atoms with Gasteiger partial charge in [-0.3, -0.25) is 4.79 Å². The van der Waals surface area contributed by atoms with Gasteiger partial charge in [0.05, 0.1) is 19.6 Å². The second kappa shape index (κ2) is 7.04. The van der Waals surface area contributed by atoms with Crippen LogP contribution in [0.3, 0.4) is 0 Å². The van der Waals surface area contributed by atoms with E-state index in [-0.39, 0.29) is 12.5 Å². The molecule has 0 aliphatic rings. The summed E-state index contributed by atoms with van der Waals surface area (Å²) in [5.74, 6) is 0.711. The third-order valence-corrected chi connectivity index (χ3v) is 3.25. The average molecular weight is 287 g/mol. The minimum absolute atomic E-state index is 0.00884. The van der Waals surface area contributed by atoms with Gasteiger partial charge in [-0.25, -0.2) is 4.98 Å². The standard InChI is InChI=1S/C16H21N3O2/c1-12-7-13(2)9-14(8-12)10-16(21)19(5-6-20)11-15-17-3-4-18-15/h3-4,7-9,20H,5-6,10-11H2,1-2H3,(H,17,18). The summed E-state index contributed by atoms with van der Waals surface area (Å²) in [7, 11) is 0. The molecule has 2 aromatic rings. The van der Waals surface area contributed by atoms with Crippen molar-refractivity contribution in [3.05, 3.63) is 53.1 Å². The molecule has 1 heterocycles. The zero-order valence-electron chi connectivity index (χ0n) is 12.5. The first-order valence-electron chi connectivity index (χ1n) is 7.02. The van der Waals surface area contributed by atoms with Gasteiger partial charge in [-0.15, -0.1) is 0 Å². The van der Waals surface area contributed by atoms with Crippen molar-refractivity contribution in [1.82, 2.24) is 14.9 Å². The van der Waals surface area contributed by atoms with E-state index in [2.05, 4.69) is 16.0 Å². The number of H-pyrrole nitrogens is 1. The van der Waals surface area contributed by atoms with Gasteiger partial charge in [0.1, 0.15) is 5.82 Å². The molecule has 1 amide bonds. The fraction of sp³-hybridized carbons (Fsp3) is 0.375. The van der Waals surface area contributed by atoms with E-state index in [9.17, 15) is 4.79 Å². The van der Waals surface area contributed by atoms with Gasteiger partial charge in [-0.05, 0) is 19.4 Å². The molecule has 2 rings (SSSR count). The Morgan fingerprint density at radius 2 is 2.00 bits per heavy atom. The van der Waals surface area contributed by atoms with Crippen LogP contribution in [-0.4, -0.2) is 39.0 Å². The van der Waals surface area contributed by atoms with Crippen molar-refractivity contribution >= 4 is 5.91 Å². The molecular weight excluding hydrogens is 266 g/mol. The summed E-state index contributed by atoms with van der Waals surface area (Å²) in [6.07, 6.45) is 3.71. The maximum absolute atomic E-state index is 12.4. The third-order valence-electron chi connectivity index (χ3n) is 3.25. The summed E-state index contributed by atoms with van der Waals surface area (Å²) >= 11 is 0. The quantitative estimate of drug-likeness (QED) is 0.847. The largest absolute Gasteiger partial charge is 0.395 e. The van der Waals surface area contributed by atoms with Crippen molar-refractivity contribution in [2.24, 2.45) is 0 Å². The van der Waals surface area contributed by atoms with Crippen LogP contribution in [0.4, 0.5) is 0 Å². The molecule has 0 bridgehead atoms. The summed E-state index contributed by atoms with van der Waals surface area (Å²) in [5.41, 5.74) is 3.30. The topological polar surface area (TPSA) is 69.2 Å². The Balaban J connectivity index is 2.07. The van der Waals surface area contributed by atoms with E-state index in [4.69, 9.17) is 5.11 Å². The second-order valence-electron chi connectivity index (χ2n) is 5.25. The van der Waals surface area contributed by atoms with Crippen LogP contribution < -0.4 is 0 Å². The van der Waals surface area contributed by atoms with E-state index in [0.717, 1.165) is 22.5 Å². The Bertz CT molecular complexity index is 573. The molecule has 0 atom stereocenters. The number of aliphatic hydroxyl groups is 1. The number of aliphatic hydroxyl groups excluding tert-OH is 1. The average Bonchev–Trinajstić information content (AvgIpc) is 2.89. The van der Waals surface area contributed by atoms with E-state index < -0.39 is 0 Å². The molecule has 21 heavy (non-hydrogen) atoms. The van der Waals surface area contributed by atoms with E-state index >= 15 is 0 Å². The Hall–Kier alpha value is -2.14. The highest BCUT2D eigenvalue weighted by Gasteiger charge is 2.15. The molecule has 2 N–H and O–H groups in total. The van der Waals surface area contributed by atoms with E-state index in [1.807, 2.05) is 26.0 Å². The summed E-state index contributed by atoms with van der Waals surface area (Å²) in [6.45, 7) is 4.69. The monoisotopic (exact) mass is 287 g/mol. The van der Waals surface area contributed by atoms with Gasteiger partial charge < -0.3 is 15.0 Å². The van der Waals surface area contributed by atoms with Crippen LogP contribution in [0.2, 0.25) is 0 Å². The van der Waals surface area contributed by atoms with E-state index in [0.29, 0.717) is 19.5 Å². The highest BCUT2D eigenvalue weighted by molar-refractivity contribution is 5.78. The number of carbonyl (C=O) groups excluding carboxylic acids is 1. The molecule has 0 fully saturated rings. The van der Waals surface area contributed by atoms with Crippen molar-refractivity contribution in [2.45, 2.75) is 26.8 Å². The van der Waals surface area contributed by atoms with Crippen molar-refractivity contribution in [3.63, 3.8) is 0 Å². The molecule has 1 aromatic carbocycles. The molecular formula is C16H21N3O2. The number of hydrogen-bond acceptors (Lipinski definition) is 3. The summed E-state index contributed by atoms with van der Waals surface area (Å²) in [6, 6.07) is 6.13. The van der Waals surface area contributed by atoms with Crippen LogP contribution in [0.15, 0.2) is 30.6 Å². The molecule has 0 unspecified atom stereocenters. The lowest BCUT2D eigenvalue weighted by Gasteiger charge is -2.21. The van der Waals surface area contributed by atoms with Crippen molar-refractivity contribution < 1.29 is 9.90 Å². The van der Waals surface area contributed by atoms with Gasteiger partial charge >= 0.3 is 0 Å². The SMILES string of the molecule is Cc1cc(C)cc(CC(=O)N(CCO)Cc2ncc[nH]2)c1. The zero-order valence-corrected chi connectivity index (χ0v) is 12.5. The molecule has 1 aromatic heterocycles. The van der Waals surface area contributed by atoms with Crippen LogP contribution in [-0.2, 0) is 17.8 Å². The number of aromatic amines is 1. The van der Waals surface area contributed by atoms with Crippen LogP contribution in [0, 0.1) is 13.8 Å². The number of amides is 1. The summed E-state index contributed by atoms with van der Waals surface area (Å²) < 4.78 is 0. The smallest absolute Gasteiger partial charge is 0.227 e. The number of imidazole rings is 1. The first kappa shape index (κ1) is 15.3. The number of nitrogens with zero attached hydrogens (tertiary/aromatic N) is 2. The van der Waals surface area contributed by atoms with Gasteiger partial charge in [-0.2, -0.15) is 0 Å². The molecule has 0 aliphatic carbocycles. The number of aromatic nitrogens is 2. The summed E-state index contributed by atoms with van der Waals surface area (Å²) in [5, 5.41) is 9.14. The molecule has 0 aliphatic heterocycles. The van der Waals surface area contributed by atoms with Gasteiger partial charge in [0.25, 0.3) is 0 Å². The van der Waals surface area contributed by atoms with Gasteiger partial charge in [0, 0.05) is 18.9 Å². The Morgan fingerprint density at radius 1 is 1.29 bits per heavy atom. The normalized spacial score (nSPS) is 10.6. The molecule has 0 saturated carbocycles. The van der Waals surface area contributed by atoms with Crippen molar-refractivity contribution in [2.75, 3.05) is 13.2 Å². The lowest BCUT2D eigenvalue weighted by atomic mass is 10.0. The van der Waals surface area contributed by atoms with Crippen LogP contribution in [0.1, 0.15) is 22.5 Å².